The summed E-state index contributed by atoms with van der Waals surface area (Å²) < 4.78 is 11.9. The highest BCUT2D eigenvalue weighted by atomic mass is 16.5. The average molecular weight is 374 g/mol. The first-order valence-corrected chi connectivity index (χ1v) is 11.1. The standard InChI is InChI=1S/C25H41O2/c1-4-6-7-8-9-10-11-16-21-26-24-19-14-15-20-25(24)27-22-17-12-13-18-23(3)5-2/h4,15,19-20,23H,1,5-13,16-18,21-22H2,2-3H3. The maximum absolute atomic E-state index is 5.95. The Bertz CT molecular complexity index is 469. The van der Waals surface area contributed by atoms with Gasteiger partial charge in [-0.05, 0) is 49.8 Å². The second-order valence-electron chi connectivity index (χ2n) is 7.63. The smallest absolute Gasteiger partial charge is 0.161 e. The van der Waals surface area contributed by atoms with E-state index < -0.39 is 0 Å². The SMILES string of the molecule is C=CCCCCCCCCOc1c[c]ccc1OCCCCCC(C)CC. The van der Waals surface area contributed by atoms with Crippen LogP contribution in [0.15, 0.2) is 30.9 Å². The van der Waals surface area contributed by atoms with Gasteiger partial charge in [0.15, 0.2) is 11.5 Å². The molecule has 0 heterocycles. The fourth-order valence-corrected chi connectivity index (χ4v) is 3.07. The maximum atomic E-state index is 5.95. The predicted octanol–water partition coefficient (Wildman–Crippen LogP) is 7.77. The molecule has 0 aliphatic rings. The van der Waals surface area contributed by atoms with Crippen LogP contribution in [0.3, 0.4) is 0 Å². The van der Waals surface area contributed by atoms with E-state index >= 15 is 0 Å². The molecule has 1 rings (SSSR count). The number of unbranched alkanes of at least 4 members (excludes halogenated alkanes) is 8. The molecule has 0 N–H and O–H groups in total. The molecule has 1 aromatic rings. The van der Waals surface area contributed by atoms with E-state index in [1.165, 1.54) is 57.8 Å². The molecule has 27 heavy (non-hydrogen) atoms. The Kier molecular flexibility index (Phi) is 14.6. The summed E-state index contributed by atoms with van der Waals surface area (Å²) >= 11 is 0. The van der Waals surface area contributed by atoms with Crippen molar-refractivity contribution >= 4 is 0 Å². The Morgan fingerprint density at radius 2 is 1.56 bits per heavy atom. The van der Waals surface area contributed by atoms with Gasteiger partial charge in [-0.2, -0.15) is 0 Å². The molecule has 1 unspecified atom stereocenters. The molecular formula is C25H41O2. The van der Waals surface area contributed by atoms with Crippen molar-refractivity contribution in [2.45, 2.75) is 90.9 Å². The average Bonchev–Trinajstić information content (AvgIpc) is 2.70. The first-order valence-electron chi connectivity index (χ1n) is 11.1. The molecule has 0 saturated heterocycles. The number of hydrogen-bond acceptors (Lipinski definition) is 2. The third kappa shape index (κ3) is 12.5. The Balaban J connectivity index is 2.11. The highest BCUT2D eigenvalue weighted by Crippen LogP contribution is 2.27. The Morgan fingerprint density at radius 1 is 0.926 bits per heavy atom. The third-order valence-electron chi connectivity index (χ3n) is 5.14. The van der Waals surface area contributed by atoms with Gasteiger partial charge in [-0.25, -0.2) is 0 Å². The second kappa shape index (κ2) is 16.7. The lowest BCUT2D eigenvalue weighted by atomic mass is 10.0. The molecule has 0 amide bonds. The summed E-state index contributed by atoms with van der Waals surface area (Å²) in [5.74, 6) is 2.55. The molecule has 1 atom stereocenters. The van der Waals surface area contributed by atoms with Crippen LogP contribution in [0.5, 0.6) is 11.5 Å². The fraction of sp³-hybridized carbons (Fsp3) is 0.680. The van der Waals surface area contributed by atoms with Gasteiger partial charge < -0.3 is 9.47 Å². The molecule has 2 heteroatoms. The van der Waals surface area contributed by atoms with Crippen molar-refractivity contribution in [1.29, 1.82) is 0 Å². The number of rotatable bonds is 18. The zero-order valence-corrected chi connectivity index (χ0v) is 17.8. The molecule has 0 aromatic heterocycles. The minimum atomic E-state index is 0.760. The van der Waals surface area contributed by atoms with Crippen molar-refractivity contribution in [3.05, 3.63) is 36.9 Å². The third-order valence-corrected chi connectivity index (χ3v) is 5.14. The Labute approximate surface area is 168 Å². The van der Waals surface area contributed by atoms with Gasteiger partial charge in [0.05, 0.1) is 13.2 Å². The first-order chi connectivity index (χ1) is 13.3. The summed E-state index contributed by atoms with van der Waals surface area (Å²) in [4.78, 5) is 0. The summed E-state index contributed by atoms with van der Waals surface area (Å²) in [5.41, 5.74) is 0. The van der Waals surface area contributed by atoms with Crippen LogP contribution in [0.25, 0.3) is 0 Å². The van der Waals surface area contributed by atoms with E-state index in [1.54, 1.807) is 0 Å². The number of hydrogen-bond donors (Lipinski definition) is 0. The summed E-state index contributed by atoms with van der Waals surface area (Å²) in [6, 6.07) is 8.86. The van der Waals surface area contributed by atoms with Crippen LogP contribution in [-0.2, 0) is 0 Å². The molecule has 0 aliphatic heterocycles. The van der Waals surface area contributed by atoms with Gasteiger partial charge in [0.1, 0.15) is 0 Å². The van der Waals surface area contributed by atoms with E-state index in [-0.39, 0.29) is 0 Å². The number of allylic oxidation sites excluding steroid dienone is 1. The highest BCUT2D eigenvalue weighted by Gasteiger charge is 2.04. The minimum Gasteiger partial charge on any atom is -0.490 e. The Hall–Kier alpha value is -1.44. The van der Waals surface area contributed by atoms with Crippen LogP contribution in [0.4, 0.5) is 0 Å². The summed E-state index contributed by atoms with van der Waals surface area (Å²) in [6.45, 7) is 9.90. The lowest BCUT2D eigenvalue weighted by Crippen LogP contribution is -2.03. The quantitative estimate of drug-likeness (QED) is 0.193. The van der Waals surface area contributed by atoms with E-state index in [0.717, 1.165) is 49.9 Å². The van der Waals surface area contributed by atoms with Crippen molar-refractivity contribution in [3.8, 4) is 11.5 Å². The van der Waals surface area contributed by atoms with Crippen molar-refractivity contribution in [2.24, 2.45) is 5.92 Å². The van der Waals surface area contributed by atoms with E-state index in [2.05, 4.69) is 26.5 Å². The van der Waals surface area contributed by atoms with Gasteiger partial charge in [0.2, 0.25) is 0 Å². The van der Waals surface area contributed by atoms with Crippen LogP contribution >= 0.6 is 0 Å². The normalized spacial score (nSPS) is 11.9. The van der Waals surface area contributed by atoms with Crippen LogP contribution in [0, 0.1) is 12.0 Å². The molecule has 0 spiro atoms. The van der Waals surface area contributed by atoms with Gasteiger partial charge in [-0.3, -0.25) is 0 Å². The fourth-order valence-electron chi connectivity index (χ4n) is 3.07. The molecule has 0 aliphatic carbocycles. The molecule has 2 nitrogen and oxygen atoms in total. The largest absolute Gasteiger partial charge is 0.490 e. The molecule has 0 saturated carbocycles. The maximum Gasteiger partial charge on any atom is 0.161 e. The summed E-state index contributed by atoms with van der Waals surface area (Å²) in [7, 11) is 0. The molecular weight excluding hydrogens is 332 g/mol. The molecule has 0 fully saturated rings. The number of benzene rings is 1. The highest BCUT2D eigenvalue weighted by molar-refractivity contribution is 5.38. The van der Waals surface area contributed by atoms with Gasteiger partial charge in [-0.15, -0.1) is 6.58 Å². The summed E-state index contributed by atoms with van der Waals surface area (Å²) in [6.07, 6.45) is 17.0. The molecule has 1 radical (unpaired) electrons. The first kappa shape index (κ1) is 23.6. The topological polar surface area (TPSA) is 18.5 Å². The monoisotopic (exact) mass is 373 g/mol. The lowest BCUT2D eigenvalue weighted by molar-refractivity contribution is 0.258. The van der Waals surface area contributed by atoms with Crippen LogP contribution in [0.2, 0.25) is 0 Å². The van der Waals surface area contributed by atoms with Crippen molar-refractivity contribution in [2.75, 3.05) is 13.2 Å². The van der Waals surface area contributed by atoms with E-state index in [9.17, 15) is 0 Å². The molecule has 1 aromatic carbocycles. The second-order valence-corrected chi connectivity index (χ2v) is 7.63. The van der Waals surface area contributed by atoms with Gasteiger partial charge in [0.25, 0.3) is 0 Å². The van der Waals surface area contributed by atoms with Crippen molar-refractivity contribution in [3.63, 3.8) is 0 Å². The van der Waals surface area contributed by atoms with Crippen molar-refractivity contribution in [1.82, 2.24) is 0 Å². The van der Waals surface area contributed by atoms with Gasteiger partial charge in [0, 0.05) is 0 Å². The van der Waals surface area contributed by atoms with E-state index in [1.807, 2.05) is 24.3 Å². The summed E-state index contributed by atoms with van der Waals surface area (Å²) in [5, 5.41) is 0. The van der Waals surface area contributed by atoms with Crippen LogP contribution in [0.1, 0.15) is 90.9 Å². The van der Waals surface area contributed by atoms with Gasteiger partial charge in [-0.1, -0.05) is 77.4 Å². The van der Waals surface area contributed by atoms with E-state index in [4.69, 9.17) is 9.47 Å². The van der Waals surface area contributed by atoms with Crippen LogP contribution < -0.4 is 9.47 Å². The lowest BCUT2D eigenvalue weighted by Gasteiger charge is -2.13. The van der Waals surface area contributed by atoms with Gasteiger partial charge >= 0.3 is 0 Å². The molecule has 0 bridgehead atoms. The Morgan fingerprint density at radius 3 is 2.26 bits per heavy atom. The van der Waals surface area contributed by atoms with E-state index in [0.29, 0.717) is 0 Å². The zero-order valence-electron chi connectivity index (χ0n) is 17.8. The predicted molar refractivity (Wildman–Crippen MR) is 117 cm³/mol. The molecule has 153 valence electrons. The van der Waals surface area contributed by atoms with Crippen LogP contribution in [-0.4, -0.2) is 13.2 Å². The minimum absolute atomic E-state index is 0.760. The van der Waals surface area contributed by atoms with Crippen molar-refractivity contribution < 1.29 is 9.47 Å². The zero-order chi connectivity index (χ0) is 19.6. The number of ether oxygens (including phenoxy) is 2.